The van der Waals surface area contributed by atoms with E-state index in [-0.39, 0.29) is 5.91 Å². The number of anilines is 1. The van der Waals surface area contributed by atoms with E-state index >= 15 is 0 Å². The van der Waals surface area contributed by atoms with E-state index in [1.54, 1.807) is 40.5 Å². The minimum Gasteiger partial charge on any atom is -0.308 e. The largest absolute Gasteiger partial charge is 0.308 e. The number of fused-ring (bicyclic) bond motifs is 1. The van der Waals surface area contributed by atoms with Crippen LogP contribution in [0.3, 0.4) is 0 Å². The molecule has 0 aliphatic carbocycles. The molecule has 0 aliphatic heterocycles. The fraction of sp³-hybridized carbons (Fsp3) is 0.263. The Kier molecular flexibility index (Phi) is 5.37. The van der Waals surface area contributed by atoms with Crippen molar-refractivity contribution in [3.63, 3.8) is 0 Å². The van der Waals surface area contributed by atoms with Crippen LogP contribution >= 0.6 is 22.9 Å². The Balaban J connectivity index is 1.99. The number of thiazole rings is 1. The van der Waals surface area contributed by atoms with Gasteiger partial charge in [-0.1, -0.05) is 35.1 Å². The fourth-order valence-corrected chi connectivity index (χ4v) is 3.77. The standard InChI is InChI=1S/C19H20ClN3OS/c1-13-7-8-16-17(11-13)25-19(21-16)23(10-9-22(2)3)18(24)14-5-4-6-15(20)12-14/h4-8,11-12H,9-10H2,1-3H3. The highest BCUT2D eigenvalue weighted by Gasteiger charge is 2.21. The molecule has 3 aromatic rings. The van der Waals surface area contributed by atoms with E-state index < -0.39 is 0 Å². The van der Waals surface area contributed by atoms with Gasteiger partial charge in [0.05, 0.1) is 10.2 Å². The van der Waals surface area contributed by atoms with Crippen LogP contribution in [0.5, 0.6) is 0 Å². The Bertz CT molecular complexity index is 907. The minimum atomic E-state index is -0.0832. The average molecular weight is 374 g/mol. The Morgan fingerprint density at radius 3 is 2.68 bits per heavy atom. The first-order chi connectivity index (χ1) is 11.9. The number of aromatic nitrogens is 1. The van der Waals surface area contributed by atoms with E-state index in [1.165, 1.54) is 5.56 Å². The van der Waals surface area contributed by atoms with Gasteiger partial charge < -0.3 is 4.90 Å². The summed E-state index contributed by atoms with van der Waals surface area (Å²) >= 11 is 7.60. The van der Waals surface area contributed by atoms with Gasteiger partial charge in [0.25, 0.3) is 5.91 Å². The third-order valence-corrected chi connectivity index (χ3v) is 5.13. The summed E-state index contributed by atoms with van der Waals surface area (Å²) in [5.41, 5.74) is 2.67. The zero-order chi connectivity index (χ0) is 18.0. The van der Waals surface area contributed by atoms with Crippen LogP contribution in [0.2, 0.25) is 5.02 Å². The van der Waals surface area contributed by atoms with Gasteiger partial charge >= 0.3 is 0 Å². The van der Waals surface area contributed by atoms with Crippen LogP contribution in [0.15, 0.2) is 42.5 Å². The molecule has 2 aromatic carbocycles. The lowest BCUT2D eigenvalue weighted by Gasteiger charge is -2.22. The zero-order valence-corrected chi connectivity index (χ0v) is 16.1. The molecule has 1 aromatic heterocycles. The first-order valence-corrected chi connectivity index (χ1v) is 9.23. The van der Waals surface area contributed by atoms with E-state index in [0.29, 0.717) is 22.3 Å². The van der Waals surface area contributed by atoms with Crippen LogP contribution in [0, 0.1) is 6.92 Å². The Hall–Kier alpha value is -1.95. The summed E-state index contributed by atoms with van der Waals surface area (Å²) in [5, 5.41) is 1.27. The summed E-state index contributed by atoms with van der Waals surface area (Å²) in [4.78, 5) is 21.5. The smallest absolute Gasteiger partial charge is 0.260 e. The maximum atomic E-state index is 13.1. The molecule has 6 heteroatoms. The summed E-state index contributed by atoms with van der Waals surface area (Å²) in [6.07, 6.45) is 0. The van der Waals surface area contributed by atoms with Gasteiger partial charge in [-0.2, -0.15) is 0 Å². The van der Waals surface area contributed by atoms with Crippen molar-refractivity contribution >= 4 is 44.2 Å². The Labute approximate surface area is 156 Å². The molecule has 0 saturated heterocycles. The average Bonchev–Trinajstić information content (AvgIpc) is 2.97. The van der Waals surface area contributed by atoms with Crippen molar-refractivity contribution in [3.8, 4) is 0 Å². The van der Waals surface area contributed by atoms with Gasteiger partial charge in [-0.25, -0.2) is 4.98 Å². The predicted molar refractivity (Wildman–Crippen MR) is 106 cm³/mol. The third-order valence-electron chi connectivity index (χ3n) is 3.85. The third kappa shape index (κ3) is 4.18. The first kappa shape index (κ1) is 17.9. The lowest BCUT2D eigenvalue weighted by Crippen LogP contribution is -2.36. The quantitative estimate of drug-likeness (QED) is 0.662. The lowest BCUT2D eigenvalue weighted by atomic mass is 10.2. The van der Waals surface area contributed by atoms with Crippen LogP contribution < -0.4 is 4.90 Å². The molecular formula is C19H20ClN3OS. The SMILES string of the molecule is Cc1ccc2nc(N(CCN(C)C)C(=O)c3cccc(Cl)c3)sc2c1. The highest BCUT2D eigenvalue weighted by atomic mass is 35.5. The van der Waals surface area contributed by atoms with Gasteiger partial charge in [-0.3, -0.25) is 9.69 Å². The van der Waals surface area contributed by atoms with Crippen LogP contribution in [0.1, 0.15) is 15.9 Å². The van der Waals surface area contributed by atoms with Gasteiger partial charge in [-0.05, 0) is 56.9 Å². The summed E-state index contributed by atoms with van der Waals surface area (Å²) in [7, 11) is 3.98. The van der Waals surface area contributed by atoms with Crippen molar-refractivity contribution in [3.05, 3.63) is 58.6 Å². The number of amides is 1. The van der Waals surface area contributed by atoms with E-state index in [4.69, 9.17) is 11.6 Å². The van der Waals surface area contributed by atoms with E-state index in [0.717, 1.165) is 16.8 Å². The maximum Gasteiger partial charge on any atom is 0.260 e. The molecule has 0 spiro atoms. The second-order valence-electron chi connectivity index (χ2n) is 6.24. The van der Waals surface area contributed by atoms with Gasteiger partial charge in [0.2, 0.25) is 0 Å². The molecule has 0 N–H and O–H groups in total. The summed E-state index contributed by atoms with van der Waals surface area (Å²) < 4.78 is 1.09. The van der Waals surface area contributed by atoms with Gasteiger partial charge in [-0.15, -0.1) is 0 Å². The lowest BCUT2D eigenvalue weighted by molar-refractivity contribution is 0.0985. The molecule has 0 aliphatic rings. The van der Waals surface area contributed by atoms with Crippen molar-refractivity contribution in [2.45, 2.75) is 6.92 Å². The van der Waals surface area contributed by atoms with E-state index in [9.17, 15) is 4.79 Å². The van der Waals surface area contributed by atoms with Crippen molar-refractivity contribution in [2.24, 2.45) is 0 Å². The van der Waals surface area contributed by atoms with Crippen LogP contribution in [-0.2, 0) is 0 Å². The van der Waals surface area contributed by atoms with Gasteiger partial charge in [0.15, 0.2) is 5.13 Å². The van der Waals surface area contributed by atoms with Gasteiger partial charge in [0, 0.05) is 23.7 Å². The molecule has 130 valence electrons. The fourth-order valence-electron chi connectivity index (χ4n) is 2.50. The number of likely N-dealkylation sites (N-methyl/N-ethyl adjacent to an activating group) is 1. The molecule has 0 saturated carbocycles. The molecule has 25 heavy (non-hydrogen) atoms. The summed E-state index contributed by atoms with van der Waals surface area (Å²) in [6, 6.07) is 13.2. The molecule has 0 fully saturated rings. The number of rotatable bonds is 5. The first-order valence-electron chi connectivity index (χ1n) is 8.03. The van der Waals surface area contributed by atoms with E-state index in [1.807, 2.05) is 26.2 Å². The molecule has 1 amide bonds. The van der Waals surface area contributed by atoms with Gasteiger partial charge in [0.1, 0.15) is 0 Å². The second kappa shape index (κ2) is 7.52. The number of hydrogen-bond acceptors (Lipinski definition) is 4. The van der Waals surface area contributed by atoms with Crippen LogP contribution in [0.4, 0.5) is 5.13 Å². The molecule has 0 bridgehead atoms. The number of nitrogens with zero attached hydrogens (tertiary/aromatic N) is 3. The highest BCUT2D eigenvalue weighted by Crippen LogP contribution is 2.30. The summed E-state index contributed by atoms with van der Waals surface area (Å²) in [6.45, 7) is 3.37. The number of halogens is 1. The van der Waals surface area contributed by atoms with Crippen molar-refractivity contribution in [1.82, 2.24) is 9.88 Å². The molecule has 3 rings (SSSR count). The molecular weight excluding hydrogens is 354 g/mol. The van der Waals surface area contributed by atoms with Crippen LogP contribution in [0.25, 0.3) is 10.2 Å². The van der Waals surface area contributed by atoms with Crippen molar-refractivity contribution in [1.29, 1.82) is 0 Å². The van der Waals surface area contributed by atoms with Crippen molar-refractivity contribution < 1.29 is 4.79 Å². The number of aryl methyl sites for hydroxylation is 1. The Morgan fingerprint density at radius 1 is 1.16 bits per heavy atom. The zero-order valence-electron chi connectivity index (χ0n) is 14.5. The van der Waals surface area contributed by atoms with Crippen molar-refractivity contribution in [2.75, 3.05) is 32.1 Å². The highest BCUT2D eigenvalue weighted by molar-refractivity contribution is 7.22. The summed E-state index contributed by atoms with van der Waals surface area (Å²) in [5.74, 6) is -0.0832. The number of carbonyl (C=O) groups is 1. The molecule has 0 unspecified atom stereocenters. The Morgan fingerprint density at radius 2 is 1.96 bits per heavy atom. The molecule has 0 radical (unpaired) electrons. The van der Waals surface area contributed by atoms with Crippen LogP contribution in [-0.4, -0.2) is 43.0 Å². The normalized spacial score (nSPS) is 11.2. The van der Waals surface area contributed by atoms with E-state index in [2.05, 4.69) is 22.9 Å². The second-order valence-corrected chi connectivity index (χ2v) is 7.68. The topological polar surface area (TPSA) is 36.4 Å². The molecule has 1 heterocycles. The maximum absolute atomic E-state index is 13.1. The minimum absolute atomic E-state index is 0.0832. The number of benzene rings is 2. The molecule has 4 nitrogen and oxygen atoms in total. The predicted octanol–water partition coefficient (Wildman–Crippen LogP) is 4.47. The molecule has 0 atom stereocenters. The monoisotopic (exact) mass is 373 g/mol. The number of carbonyl (C=O) groups excluding carboxylic acids is 1. The number of hydrogen-bond donors (Lipinski definition) is 0.